The van der Waals surface area contributed by atoms with Gasteiger partial charge in [-0.15, -0.1) is 0 Å². The standard InChI is InChI=1S/C16H16N4O2/c1-11-13(8-19(2)18-11)16-15(12-6-4-3-5-7-12)17-10-20(16)9-14(21)22/h3-8,10H,9H2,1-2H3,(H,21,22). The summed E-state index contributed by atoms with van der Waals surface area (Å²) in [6.45, 7) is 1.77. The van der Waals surface area contributed by atoms with Crippen molar-refractivity contribution in [2.45, 2.75) is 13.5 Å². The summed E-state index contributed by atoms with van der Waals surface area (Å²) in [7, 11) is 1.84. The number of rotatable bonds is 4. The van der Waals surface area contributed by atoms with Gasteiger partial charge in [-0.1, -0.05) is 30.3 Å². The first kappa shape index (κ1) is 14.1. The molecule has 0 saturated carbocycles. The lowest BCUT2D eigenvalue weighted by atomic mass is 10.1. The maximum Gasteiger partial charge on any atom is 0.323 e. The van der Waals surface area contributed by atoms with Crippen LogP contribution in [0, 0.1) is 6.92 Å². The van der Waals surface area contributed by atoms with Gasteiger partial charge in [0, 0.05) is 24.4 Å². The molecule has 0 aliphatic rings. The normalized spacial score (nSPS) is 10.8. The van der Waals surface area contributed by atoms with Crippen LogP contribution in [0.3, 0.4) is 0 Å². The summed E-state index contributed by atoms with van der Waals surface area (Å²) < 4.78 is 3.37. The Bertz CT molecular complexity index is 818. The van der Waals surface area contributed by atoms with Crippen molar-refractivity contribution in [3.05, 3.63) is 48.5 Å². The highest BCUT2D eigenvalue weighted by Gasteiger charge is 2.19. The Morgan fingerprint density at radius 1 is 1.27 bits per heavy atom. The Labute approximate surface area is 127 Å². The smallest absolute Gasteiger partial charge is 0.323 e. The topological polar surface area (TPSA) is 72.9 Å². The molecule has 1 N–H and O–H groups in total. The van der Waals surface area contributed by atoms with E-state index in [9.17, 15) is 4.79 Å². The number of hydrogen-bond donors (Lipinski definition) is 1. The van der Waals surface area contributed by atoms with Gasteiger partial charge in [-0.2, -0.15) is 5.10 Å². The van der Waals surface area contributed by atoms with Crippen LogP contribution in [-0.2, 0) is 18.4 Å². The van der Waals surface area contributed by atoms with E-state index in [0.717, 1.165) is 28.2 Å². The van der Waals surface area contributed by atoms with Crippen molar-refractivity contribution in [2.75, 3.05) is 0 Å². The monoisotopic (exact) mass is 296 g/mol. The number of aromatic nitrogens is 4. The van der Waals surface area contributed by atoms with Crippen LogP contribution in [-0.4, -0.2) is 30.4 Å². The van der Waals surface area contributed by atoms with Crippen LogP contribution < -0.4 is 0 Å². The van der Waals surface area contributed by atoms with Gasteiger partial charge in [0.1, 0.15) is 6.54 Å². The van der Waals surface area contributed by atoms with Crippen LogP contribution in [0.25, 0.3) is 22.5 Å². The summed E-state index contributed by atoms with van der Waals surface area (Å²) in [6, 6.07) is 9.73. The molecule has 22 heavy (non-hydrogen) atoms. The highest BCUT2D eigenvalue weighted by atomic mass is 16.4. The SMILES string of the molecule is Cc1nn(C)cc1-c1c(-c2ccccc2)ncn1CC(=O)O. The second-order valence-corrected chi connectivity index (χ2v) is 5.13. The third-order valence-electron chi connectivity index (χ3n) is 3.46. The van der Waals surface area contributed by atoms with Crippen LogP contribution in [0.1, 0.15) is 5.69 Å². The van der Waals surface area contributed by atoms with Gasteiger partial charge in [0.2, 0.25) is 0 Å². The minimum Gasteiger partial charge on any atom is -0.480 e. The highest BCUT2D eigenvalue weighted by molar-refractivity contribution is 5.80. The molecule has 0 radical (unpaired) electrons. The number of carboxylic acids is 1. The maximum atomic E-state index is 11.1. The van der Waals surface area contributed by atoms with Crippen LogP contribution >= 0.6 is 0 Å². The molecule has 0 spiro atoms. The molecule has 112 valence electrons. The zero-order valence-electron chi connectivity index (χ0n) is 12.4. The lowest BCUT2D eigenvalue weighted by Gasteiger charge is -2.07. The third-order valence-corrected chi connectivity index (χ3v) is 3.46. The third kappa shape index (κ3) is 2.50. The minimum atomic E-state index is -0.903. The van der Waals surface area contributed by atoms with Crippen molar-refractivity contribution in [3.63, 3.8) is 0 Å². The Kier molecular flexibility index (Phi) is 3.50. The number of aliphatic carboxylic acids is 1. The minimum absolute atomic E-state index is 0.135. The van der Waals surface area contributed by atoms with E-state index >= 15 is 0 Å². The zero-order chi connectivity index (χ0) is 15.7. The van der Waals surface area contributed by atoms with E-state index in [-0.39, 0.29) is 6.54 Å². The molecule has 0 aliphatic carbocycles. The second-order valence-electron chi connectivity index (χ2n) is 5.13. The van der Waals surface area contributed by atoms with Crippen molar-refractivity contribution < 1.29 is 9.90 Å². The molecule has 3 rings (SSSR count). The van der Waals surface area contributed by atoms with Gasteiger partial charge in [-0.3, -0.25) is 9.48 Å². The predicted octanol–water partition coefficient (Wildman–Crippen LogP) is 2.34. The molecule has 0 bridgehead atoms. The number of imidazole rings is 1. The summed E-state index contributed by atoms with van der Waals surface area (Å²) in [6.07, 6.45) is 3.45. The second kappa shape index (κ2) is 5.48. The Hall–Kier alpha value is -2.89. The molecule has 3 aromatic rings. The first-order valence-electron chi connectivity index (χ1n) is 6.89. The fourth-order valence-corrected chi connectivity index (χ4v) is 2.57. The fraction of sp³-hybridized carbons (Fsp3) is 0.188. The number of nitrogens with zero attached hydrogens (tertiary/aromatic N) is 4. The highest BCUT2D eigenvalue weighted by Crippen LogP contribution is 2.32. The van der Waals surface area contributed by atoms with Crippen molar-refractivity contribution >= 4 is 5.97 Å². The van der Waals surface area contributed by atoms with Gasteiger partial charge in [-0.05, 0) is 6.92 Å². The molecule has 0 fully saturated rings. The molecular weight excluding hydrogens is 280 g/mol. The molecule has 6 nitrogen and oxygen atoms in total. The summed E-state index contributed by atoms with van der Waals surface area (Å²) in [5, 5.41) is 13.5. The van der Waals surface area contributed by atoms with Gasteiger partial charge in [0.15, 0.2) is 0 Å². The largest absolute Gasteiger partial charge is 0.480 e. The molecule has 0 amide bonds. The summed E-state index contributed by atoms with van der Waals surface area (Å²) in [4.78, 5) is 15.5. The van der Waals surface area contributed by atoms with Crippen LogP contribution in [0.15, 0.2) is 42.9 Å². The van der Waals surface area contributed by atoms with Gasteiger partial charge in [-0.25, -0.2) is 4.98 Å². The number of carbonyl (C=O) groups is 1. The van der Waals surface area contributed by atoms with Crippen molar-refractivity contribution in [1.82, 2.24) is 19.3 Å². The van der Waals surface area contributed by atoms with Crippen LogP contribution in [0.5, 0.6) is 0 Å². The van der Waals surface area contributed by atoms with Gasteiger partial charge >= 0.3 is 5.97 Å². The summed E-state index contributed by atoms with van der Waals surface area (Å²) in [5.74, 6) is -0.903. The molecule has 2 aromatic heterocycles. The number of aryl methyl sites for hydroxylation is 2. The quantitative estimate of drug-likeness (QED) is 0.802. The number of carboxylic acid groups (broad SMARTS) is 1. The fourth-order valence-electron chi connectivity index (χ4n) is 2.57. The molecule has 2 heterocycles. The molecular formula is C16H16N4O2. The predicted molar refractivity (Wildman–Crippen MR) is 82.2 cm³/mol. The van der Waals surface area contributed by atoms with Gasteiger partial charge in [0.25, 0.3) is 0 Å². The molecule has 6 heteroatoms. The summed E-state index contributed by atoms with van der Waals surface area (Å²) in [5.41, 5.74) is 4.22. The maximum absolute atomic E-state index is 11.1. The van der Waals surface area contributed by atoms with E-state index in [1.807, 2.05) is 50.5 Å². The van der Waals surface area contributed by atoms with Crippen molar-refractivity contribution in [3.8, 4) is 22.5 Å². The molecule has 0 saturated heterocycles. The molecule has 0 unspecified atom stereocenters. The average Bonchev–Trinajstić information content (AvgIpc) is 3.02. The molecule has 0 aliphatic heterocycles. The number of benzene rings is 1. The van der Waals surface area contributed by atoms with E-state index in [0.29, 0.717) is 0 Å². The van der Waals surface area contributed by atoms with Crippen LogP contribution in [0.2, 0.25) is 0 Å². The van der Waals surface area contributed by atoms with E-state index in [1.54, 1.807) is 15.6 Å². The Balaban J connectivity index is 2.22. The van der Waals surface area contributed by atoms with E-state index in [2.05, 4.69) is 10.1 Å². The zero-order valence-corrected chi connectivity index (χ0v) is 12.4. The molecule has 0 atom stereocenters. The van der Waals surface area contributed by atoms with Gasteiger partial charge in [0.05, 0.1) is 23.4 Å². The Morgan fingerprint density at radius 3 is 2.59 bits per heavy atom. The van der Waals surface area contributed by atoms with E-state index in [4.69, 9.17) is 5.11 Å². The number of hydrogen-bond acceptors (Lipinski definition) is 3. The average molecular weight is 296 g/mol. The lowest BCUT2D eigenvalue weighted by Crippen LogP contribution is -2.09. The van der Waals surface area contributed by atoms with Gasteiger partial charge < -0.3 is 9.67 Å². The first-order chi connectivity index (χ1) is 10.6. The van der Waals surface area contributed by atoms with E-state index in [1.165, 1.54) is 0 Å². The van der Waals surface area contributed by atoms with Crippen LogP contribution in [0.4, 0.5) is 0 Å². The lowest BCUT2D eigenvalue weighted by molar-refractivity contribution is -0.137. The van der Waals surface area contributed by atoms with Crippen molar-refractivity contribution in [1.29, 1.82) is 0 Å². The van der Waals surface area contributed by atoms with Crippen molar-refractivity contribution in [2.24, 2.45) is 7.05 Å². The summed E-state index contributed by atoms with van der Waals surface area (Å²) >= 11 is 0. The van der Waals surface area contributed by atoms with E-state index < -0.39 is 5.97 Å². The molecule has 1 aromatic carbocycles. The Morgan fingerprint density at radius 2 is 2.00 bits per heavy atom. The first-order valence-corrected chi connectivity index (χ1v) is 6.89.